The molecule has 1 saturated heterocycles. The van der Waals surface area contributed by atoms with E-state index >= 15 is 0 Å². The smallest absolute Gasteiger partial charge is 0.191 e. The van der Waals surface area contributed by atoms with Gasteiger partial charge in [-0.2, -0.15) is 0 Å². The number of rotatable bonds is 7. The number of ether oxygens (including phenoxy) is 1. The number of nitrogens with one attached hydrogen (secondary N) is 2. The van der Waals surface area contributed by atoms with E-state index in [1.54, 1.807) is 11.3 Å². The highest BCUT2D eigenvalue weighted by atomic mass is 127. The van der Waals surface area contributed by atoms with Crippen LogP contribution in [0.25, 0.3) is 0 Å². The highest BCUT2D eigenvalue weighted by molar-refractivity contribution is 14.0. The molecule has 1 aromatic heterocycles. The second kappa shape index (κ2) is 12.5. The van der Waals surface area contributed by atoms with Gasteiger partial charge in [0, 0.05) is 32.1 Å². The summed E-state index contributed by atoms with van der Waals surface area (Å²) in [4.78, 5) is 11.5. The summed E-state index contributed by atoms with van der Waals surface area (Å²) in [7, 11) is 1.81. The fourth-order valence-electron chi connectivity index (χ4n) is 3.27. The first-order valence-corrected chi connectivity index (χ1v) is 10.8. The lowest BCUT2D eigenvalue weighted by molar-refractivity contribution is 0.0170. The molecule has 1 unspecified atom stereocenters. The molecule has 29 heavy (non-hydrogen) atoms. The van der Waals surface area contributed by atoms with Gasteiger partial charge < -0.3 is 15.4 Å². The van der Waals surface area contributed by atoms with Gasteiger partial charge in [0.1, 0.15) is 5.01 Å². The first kappa shape index (κ1) is 24.0. The Bertz CT molecular complexity index is 747. The summed E-state index contributed by atoms with van der Waals surface area (Å²) in [6.45, 7) is 9.29. The Morgan fingerprint density at radius 2 is 1.93 bits per heavy atom. The van der Waals surface area contributed by atoms with Crippen LogP contribution in [0.2, 0.25) is 0 Å². The highest BCUT2D eigenvalue weighted by Crippen LogP contribution is 2.21. The van der Waals surface area contributed by atoms with Gasteiger partial charge in [-0.25, -0.2) is 4.98 Å². The molecule has 0 spiro atoms. The quantitative estimate of drug-likeness (QED) is 0.326. The van der Waals surface area contributed by atoms with Gasteiger partial charge in [-0.05, 0) is 11.5 Å². The van der Waals surface area contributed by atoms with E-state index < -0.39 is 0 Å². The van der Waals surface area contributed by atoms with Crippen LogP contribution in [0.15, 0.2) is 40.7 Å². The molecule has 0 saturated carbocycles. The molecule has 2 N–H and O–H groups in total. The minimum absolute atomic E-state index is 0. The summed E-state index contributed by atoms with van der Waals surface area (Å²) in [5.74, 6) is 1.26. The Hall–Kier alpha value is -1.23. The number of nitrogens with zero attached hydrogens (tertiary/aromatic N) is 3. The van der Waals surface area contributed by atoms with Crippen LogP contribution in [0, 0.1) is 0 Å². The lowest BCUT2D eigenvalue weighted by Crippen LogP contribution is -2.46. The molecule has 2 aromatic rings. The van der Waals surface area contributed by atoms with Gasteiger partial charge in [0.25, 0.3) is 0 Å². The van der Waals surface area contributed by atoms with Gasteiger partial charge in [0.05, 0.1) is 31.5 Å². The van der Waals surface area contributed by atoms with Crippen LogP contribution in [0.3, 0.4) is 0 Å². The van der Waals surface area contributed by atoms with Crippen molar-refractivity contribution in [2.75, 3.05) is 39.9 Å². The Balaban J connectivity index is 0.00000300. The number of halogens is 1. The summed E-state index contributed by atoms with van der Waals surface area (Å²) in [5, 5.41) is 10.1. The monoisotopic (exact) mass is 529 g/mol. The molecule has 1 aromatic carbocycles. The standard InChI is InChI=1S/C21H31N5OS.HI/c1-16(2)18-15-28-20(25-18)14-24-21(22-3)23-13-19(17-7-5-4-6-8-17)26-9-11-27-12-10-26;/h4-8,15-16,19H,9-14H2,1-3H3,(H2,22,23,24);1H. The third kappa shape index (κ3) is 7.20. The molecular weight excluding hydrogens is 497 g/mol. The van der Waals surface area contributed by atoms with Crippen molar-refractivity contribution in [3.05, 3.63) is 52.0 Å². The Morgan fingerprint density at radius 1 is 1.21 bits per heavy atom. The SMILES string of the molecule is CN=C(NCc1nc(C(C)C)cs1)NCC(c1ccccc1)N1CCOCC1.I. The third-order valence-corrected chi connectivity index (χ3v) is 5.79. The van der Waals surface area contributed by atoms with Crippen molar-refractivity contribution in [1.82, 2.24) is 20.5 Å². The molecular formula is C21H32IN5OS. The molecule has 0 radical (unpaired) electrons. The van der Waals surface area contributed by atoms with Gasteiger partial charge in [-0.1, -0.05) is 44.2 Å². The number of hydrogen-bond acceptors (Lipinski definition) is 5. The van der Waals surface area contributed by atoms with E-state index in [-0.39, 0.29) is 30.0 Å². The van der Waals surface area contributed by atoms with Gasteiger partial charge in [-0.3, -0.25) is 9.89 Å². The summed E-state index contributed by atoms with van der Waals surface area (Å²) < 4.78 is 5.53. The van der Waals surface area contributed by atoms with E-state index in [1.165, 1.54) is 5.56 Å². The molecule has 160 valence electrons. The van der Waals surface area contributed by atoms with Crippen LogP contribution < -0.4 is 10.6 Å². The van der Waals surface area contributed by atoms with Gasteiger partial charge in [-0.15, -0.1) is 35.3 Å². The van der Waals surface area contributed by atoms with Gasteiger partial charge >= 0.3 is 0 Å². The second-order valence-electron chi connectivity index (χ2n) is 7.20. The number of thiazole rings is 1. The number of morpholine rings is 1. The predicted octanol–water partition coefficient (Wildman–Crippen LogP) is 3.62. The van der Waals surface area contributed by atoms with Crippen molar-refractivity contribution in [2.24, 2.45) is 4.99 Å². The van der Waals surface area contributed by atoms with Crippen LogP contribution in [-0.2, 0) is 11.3 Å². The van der Waals surface area contributed by atoms with E-state index in [1.807, 2.05) is 7.05 Å². The summed E-state index contributed by atoms with van der Waals surface area (Å²) in [5.41, 5.74) is 2.47. The highest BCUT2D eigenvalue weighted by Gasteiger charge is 2.22. The van der Waals surface area contributed by atoms with E-state index in [2.05, 4.69) is 75.1 Å². The van der Waals surface area contributed by atoms with Crippen LogP contribution in [0.1, 0.15) is 42.1 Å². The van der Waals surface area contributed by atoms with Crippen molar-refractivity contribution >= 4 is 41.3 Å². The lowest BCUT2D eigenvalue weighted by atomic mass is 10.0. The molecule has 0 aliphatic carbocycles. The minimum atomic E-state index is 0. The zero-order valence-electron chi connectivity index (χ0n) is 17.4. The maximum Gasteiger partial charge on any atom is 0.191 e. The first-order chi connectivity index (χ1) is 13.7. The zero-order valence-corrected chi connectivity index (χ0v) is 20.6. The van der Waals surface area contributed by atoms with E-state index in [0.29, 0.717) is 12.5 Å². The summed E-state index contributed by atoms with van der Waals surface area (Å²) in [6.07, 6.45) is 0. The summed E-state index contributed by atoms with van der Waals surface area (Å²) in [6, 6.07) is 10.9. The van der Waals surface area contributed by atoms with Crippen molar-refractivity contribution in [2.45, 2.75) is 32.4 Å². The topological polar surface area (TPSA) is 61.8 Å². The van der Waals surface area contributed by atoms with Crippen molar-refractivity contribution in [3.8, 4) is 0 Å². The van der Waals surface area contributed by atoms with Crippen molar-refractivity contribution in [3.63, 3.8) is 0 Å². The van der Waals surface area contributed by atoms with E-state index in [9.17, 15) is 0 Å². The predicted molar refractivity (Wildman–Crippen MR) is 131 cm³/mol. The average Bonchev–Trinajstić information content (AvgIpc) is 3.21. The molecule has 3 rings (SSSR count). The molecule has 1 aliphatic rings. The third-order valence-electron chi connectivity index (χ3n) is 4.93. The van der Waals surface area contributed by atoms with E-state index in [0.717, 1.165) is 49.5 Å². The maximum absolute atomic E-state index is 5.53. The normalized spacial score (nSPS) is 16.3. The molecule has 2 heterocycles. The maximum atomic E-state index is 5.53. The molecule has 1 aliphatic heterocycles. The van der Waals surface area contributed by atoms with Crippen LogP contribution in [-0.4, -0.2) is 55.7 Å². The van der Waals surface area contributed by atoms with Gasteiger partial charge in [0.2, 0.25) is 0 Å². The Morgan fingerprint density at radius 3 is 2.55 bits per heavy atom. The van der Waals surface area contributed by atoms with Crippen molar-refractivity contribution in [1.29, 1.82) is 0 Å². The molecule has 8 heteroatoms. The molecule has 0 bridgehead atoms. The molecule has 6 nitrogen and oxygen atoms in total. The fourth-order valence-corrected chi connectivity index (χ4v) is 4.16. The minimum Gasteiger partial charge on any atom is -0.379 e. The Kier molecular flexibility index (Phi) is 10.3. The average molecular weight is 529 g/mol. The second-order valence-corrected chi connectivity index (χ2v) is 8.14. The van der Waals surface area contributed by atoms with Crippen LogP contribution in [0.4, 0.5) is 0 Å². The number of hydrogen-bond donors (Lipinski definition) is 2. The van der Waals surface area contributed by atoms with E-state index in [4.69, 9.17) is 4.74 Å². The lowest BCUT2D eigenvalue weighted by Gasteiger charge is -2.35. The fraction of sp³-hybridized carbons (Fsp3) is 0.524. The molecule has 1 fully saturated rings. The van der Waals surface area contributed by atoms with Crippen molar-refractivity contribution < 1.29 is 4.74 Å². The molecule has 1 atom stereocenters. The Labute approximate surface area is 195 Å². The zero-order chi connectivity index (χ0) is 19.8. The largest absolute Gasteiger partial charge is 0.379 e. The number of aliphatic imine (C=N–C) groups is 1. The number of aromatic nitrogens is 1. The van der Waals surface area contributed by atoms with Crippen LogP contribution in [0.5, 0.6) is 0 Å². The number of benzene rings is 1. The number of guanidine groups is 1. The summed E-state index contributed by atoms with van der Waals surface area (Å²) >= 11 is 1.70. The van der Waals surface area contributed by atoms with Crippen LogP contribution >= 0.6 is 35.3 Å². The van der Waals surface area contributed by atoms with Gasteiger partial charge in [0.15, 0.2) is 5.96 Å². The first-order valence-electron chi connectivity index (χ1n) is 9.93. The molecule has 0 amide bonds.